The zero-order valence-electron chi connectivity index (χ0n) is 15.3. The Morgan fingerprint density at radius 2 is 1.69 bits per heavy atom. The van der Waals surface area contributed by atoms with Crippen LogP contribution in [0.15, 0.2) is 12.1 Å². The van der Waals surface area contributed by atoms with E-state index in [1.165, 1.54) is 33.5 Å². The monoisotopic (exact) mass is 374 g/mol. The number of nitrogens with zero attached hydrogens (tertiary/aromatic N) is 1. The second-order valence-corrected chi connectivity index (χ2v) is 5.33. The zero-order chi connectivity index (χ0) is 19.7. The molecule has 0 radical (unpaired) electrons. The van der Waals surface area contributed by atoms with E-state index in [4.69, 9.17) is 14.2 Å². The molecule has 0 unspecified atom stereocenters. The van der Waals surface area contributed by atoms with Gasteiger partial charge in [-0.05, 0) is 18.6 Å². The van der Waals surface area contributed by atoms with Crippen LogP contribution in [0, 0.1) is 0 Å². The van der Waals surface area contributed by atoms with E-state index < -0.39 is 24.8 Å². The molecule has 0 aliphatic heterocycles. The van der Waals surface area contributed by atoms with Crippen molar-refractivity contribution < 1.29 is 32.6 Å². The normalized spacial score (nSPS) is 10.4. The first-order chi connectivity index (χ1) is 12.4. The molecular weight excluding hydrogens is 350 g/mol. The van der Waals surface area contributed by atoms with Gasteiger partial charge >= 0.3 is 0 Å². The molecular formula is C17H24F2N2O5. The first kappa shape index (κ1) is 21.5. The van der Waals surface area contributed by atoms with Gasteiger partial charge in [-0.2, -0.15) is 0 Å². The van der Waals surface area contributed by atoms with Crippen molar-refractivity contribution in [1.29, 1.82) is 0 Å². The molecule has 1 N–H and O–H groups in total. The van der Waals surface area contributed by atoms with Gasteiger partial charge in [0.1, 0.15) is 0 Å². The molecule has 26 heavy (non-hydrogen) atoms. The van der Waals surface area contributed by atoms with E-state index in [2.05, 4.69) is 5.32 Å². The minimum atomic E-state index is -2.63. The third kappa shape index (κ3) is 5.75. The van der Waals surface area contributed by atoms with Gasteiger partial charge in [0.25, 0.3) is 12.3 Å². The summed E-state index contributed by atoms with van der Waals surface area (Å²) in [4.78, 5) is 25.4. The number of rotatable bonds is 10. The summed E-state index contributed by atoms with van der Waals surface area (Å²) in [5, 5.41) is 2.42. The van der Waals surface area contributed by atoms with Crippen molar-refractivity contribution in [3.05, 3.63) is 17.7 Å². The minimum Gasteiger partial charge on any atom is -0.493 e. The molecule has 0 aliphatic carbocycles. The molecule has 1 aromatic rings. The molecule has 7 nitrogen and oxygen atoms in total. The third-order valence-corrected chi connectivity index (χ3v) is 3.53. The number of carbonyl (C=O) groups is 2. The van der Waals surface area contributed by atoms with Gasteiger partial charge in [-0.3, -0.25) is 9.59 Å². The number of carbonyl (C=O) groups excluding carboxylic acids is 2. The number of alkyl halides is 2. The summed E-state index contributed by atoms with van der Waals surface area (Å²) >= 11 is 0. The maximum absolute atomic E-state index is 12.5. The summed E-state index contributed by atoms with van der Waals surface area (Å²) in [5.41, 5.74) is 0.184. The highest BCUT2D eigenvalue weighted by atomic mass is 19.3. The van der Waals surface area contributed by atoms with E-state index in [1.807, 2.05) is 0 Å². The summed E-state index contributed by atoms with van der Waals surface area (Å²) in [5.74, 6) is -0.241. The van der Waals surface area contributed by atoms with Gasteiger partial charge in [-0.1, -0.05) is 6.92 Å². The Hall–Kier alpha value is -2.58. The molecule has 0 atom stereocenters. The Kier molecular flexibility index (Phi) is 8.60. The van der Waals surface area contributed by atoms with Gasteiger partial charge in [-0.25, -0.2) is 8.78 Å². The SMILES string of the molecule is CCCN(CC(F)F)C(=O)CNC(=O)c1cc(OC)c(OC)c(OC)c1. The van der Waals surface area contributed by atoms with Crippen LogP contribution in [-0.4, -0.2) is 64.1 Å². The summed E-state index contributed by atoms with van der Waals surface area (Å²) < 4.78 is 40.6. The lowest BCUT2D eigenvalue weighted by molar-refractivity contribution is -0.132. The summed E-state index contributed by atoms with van der Waals surface area (Å²) in [6.07, 6.45) is -2.09. The van der Waals surface area contributed by atoms with Crippen LogP contribution in [-0.2, 0) is 4.79 Å². The topological polar surface area (TPSA) is 77.1 Å². The maximum atomic E-state index is 12.5. The molecule has 0 aromatic heterocycles. The molecule has 0 aliphatic rings. The lowest BCUT2D eigenvalue weighted by Gasteiger charge is -2.22. The summed E-state index contributed by atoms with van der Waals surface area (Å²) in [7, 11) is 4.26. The zero-order valence-corrected chi connectivity index (χ0v) is 15.3. The minimum absolute atomic E-state index is 0.184. The number of hydrogen-bond acceptors (Lipinski definition) is 5. The van der Waals surface area contributed by atoms with Crippen LogP contribution in [0.25, 0.3) is 0 Å². The lowest BCUT2D eigenvalue weighted by Crippen LogP contribution is -2.42. The number of halogens is 2. The van der Waals surface area contributed by atoms with E-state index in [0.29, 0.717) is 12.2 Å². The third-order valence-electron chi connectivity index (χ3n) is 3.53. The van der Waals surface area contributed by atoms with Crippen molar-refractivity contribution in [1.82, 2.24) is 10.2 Å². The quantitative estimate of drug-likeness (QED) is 0.677. The number of benzene rings is 1. The first-order valence-electron chi connectivity index (χ1n) is 8.02. The van der Waals surface area contributed by atoms with Crippen LogP contribution in [0.4, 0.5) is 8.78 Å². The second-order valence-electron chi connectivity index (χ2n) is 5.33. The Morgan fingerprint density at radius 1 is 1.12 bits per heavy atom. The number of hydrogen-bond donors (Lipinski definition) is 1. The molecule has 0 spiro atoms. The van der Waals surface area contributed by atoms with Crippen LogP contribution >= 0.6 is 0 Å². The van der Waals surface area contributed by atoms with Gasteiger partial charge in [0, 0.05) is 12.1 Å². The molecule has 9 heteroatoms. The van der Waals surface area contributed by atoms with Crippen molar-refractivity contribution in [2.45, 2.75) is 19.8 Å². The highest BCUT2D eigenvalue weighted by Crippen LogP contribution is 2.38. The summed E-state index contributed by atoms with van der Waals surface area (Å²) in [6.45, 7) is 0.929. The van der Waals surface area contributed by atoms with Crippen molar-refractivity contribution in [3.8, 4) is 17.2 Å². The molecule has 0 bridgehead atoms. The largest absolute Gasteiger partial charge is 0.493 e. The lowest BCUT2D eigenvalue weighted by atomic mass is 10.1. The van der Waals surface area contributed by atoms with E-state index in [0.717, 1.165) is 4.90 Å². The van der Waals surface area contributed by atoms with Crippen molar-refractivity contribution in [2.24, 2.45) is 0 Å². The van der Waals surface area contributed by atoms with Gasteiger partial charge < -0.3 is 24.4 Å². The molecule has 0 heterocycles. The van der Waals surface area contributed by atoms with E-state index in [1.54, 1.807) is 6.92 Å². The molecule has 0 saturated heterocycles. The average molecular weight is 374 g/mol. The molecule has 0 fully saturated rings. The van der Waals surface area contributed by atoms with Gasteiger partial charge in [0.05, 0.1) is 34.4 Å². The molecule has 1 aromatic carbocycles. The fourth-order valence-corrected chi connectivity index (χ4v) is 2.34. The van der Waals surface area contributed by atoms with Crippen LogP contribution in [0.1, 0.15) is 23.7 Å². The standard InChI is InChI=1S/C17H24F2N2O5/c1-5-6-21(10-14(18)19)15(22)9-20-17(23)11-7-12(24-2)16(26-4)13(8-11)25-3/h7-8,14H,5-6,9-10H2,1-4H3,(H,20,23). The first-order valence-corrected chi connectivity index (χ1v) is 8.02. The molecule has 0 saturated carbocycles. The molecule has 2 amide bonds. The van der Waals surface area contributed by atoms with Gasteiger partial charge in [-0.15, -0.1) is 0 Å². The van der Waals surface area contributed by atoms with Crippen LogP contribution < -0.4 is 19.5 Å². The fourth-order valence-electron chi connectivity index (χ4n) is 2.34. The molecule has 146 valence electrons. The van der Waals surface area contributed by atoms with E-state index in [-0.39, 0.29) is 30.2 Å². The summed E-state index contributed by atoms with van der Waals surface area (Å²) in [6, 6.07) is 2.87. The Labute approximate surface area is 151 Å². The Bertz CT molecular complexity index is 600. The Morgan fingerprint density at radius 3 is 2.12 bits per heavy atom. The highest BCUT2D eigenvalue weighted by molar-refractivity contribution is 5.97. The maximum Gasteiger partial charge on any atom is 0.255 e. The second kappa shape index (κ2) is 10.4. The van der Waals surface area contributed by atoms with Crippen molar-refractivity contribution >= 4 is 11.8 Å². The van der Waals surface area contributed by atoms with E-state index >= 15 is 0 Å². The highest BCUT2D eigenvalue weighted by Gasteiger charge is 2.20. The van der Waals surface area contributed by atoms with Crippen molar-refractivity contribution in [2.75, 3.05) is 41.0 Å². The fraction of sp³-hybridized carbons (Fsp3) is 0.529. The van der Waals surface area contributed by atoms with Crippen LogP contribution in [0.3, 0.4) is 0 Å². The predicted molar refractivity (Wildman–Crippen MR) is 91.3 cm³/mol. The number of amides is 2. The average Bonchev–Trinajstić information content (AvgIpc) is 2.63. The molecule has 1 rings (SSSR count). The predicted octanol–water partition coefficient (Wildman–Crippen LogP) is 1.95. The number of ether oxygens (including phenoxy) is 3. The van der Waals surface area contributed by atoms with Crippen molar-refractivity contribution in [3.63, 3.8) is 0 Å². The van der Waals surface area contributed by atoms with Gasteiger partial charge in [0.2, 0.25) is 11.7 Å². The Balaban J connectivity index is 2.85. The smallest absolute Gasteiger partial charge is 0.255 e. The van der Waals surface area contributed by atoms with E-state index in [9.17, 15) is 18.4 Å². The van der Waals surface area contributed by atoms with Gasteiger partial charge in [0.15, 0.2) is 11.5 Å². The number of nitrogens with one attached hydrogen (secondary N) is 1. The van der Waals surface area contributed by atoms with Crippen LogP contribution in [0.2, 0.25) is 0 Å². The van der Waals surface area contributed by atoms with Crippen LogP contribution in [0.5, 0.6) is 17.2 Å². The number of methoxy groups -OCH3 is 3.